The van der Waals surface area contributed by atoms with Crippen LogP contribution >= 0.6 is 0 Å². The molecule has 2 aromatic carbocycles. The summed E-state index contributed by atoms with van der Waals surface area (Å²) >= 11 is 0. The molecule has 3 N–H and O–H groups in total. The van der Waals surface area contributed by atoms with Crippen LogP contribution in [0, 0.1) is 11.7 Å². The Morgan fingerprint density at radius 1 is 1.09 bits per heavy atom. The van der Waals surface area contributed by atoms with Gasteiger partial charge in [-0.25, -0.2) is 4.39 Å². The molecule has 0 amide bonds. The van der Waals surface area contributed by atoms with Crippen molar-refractivity contribution in [3.8, 4) is 0 Å². The number of piperidine rings is 1. The number of nitrogens with two attached hydrogens (primary N) is 1. The van der Waals surface area contributed by atoms with Gasteiger partial charge in [0.25, 0.3) is 0 Å². The van der Waals surface area contributed by atoms with Gasteiger partial charge in [-0.1, -0.05) is 87.0 Å². The molecule has 1 aliphatic heterocycles. The molecule has 0 spiro atoms. The molecule has 1 aliphatic rings. The Balaban J connectivity index is 0.000000646. The maximum absolute atomic E-state index is 11.9. The van der Waals surface area contributed by atoms with E-state index in [0.29, 0.717) is 5.92 Å². The van der Waals surface area contributed by atoms with Crippen molar-refractivity contribution in [1.29, 1.82) is 0 Å². The van der Waals surface area contributed by atoms with E-state index in [1.165, 1.54) is 62.4 Å². The second kappa shape index (κ2) is 22.6. The SMILES string of the molecule is CC=O.CCC/C=C(\C=C/Cc1ccccc1)[C@@H]1CCCNC1.CCN.Fc1ccccc1. The second-order valence-corrected chi connectivity index (χ2v) is 7.57. The number of benzene rings is 2. The molecule has 1 saturated heterocycles. The highest BCUT2D eigenvalue weighted by Gasteiger charge is 2.15. The van der Waals surface area contributed by atoms with Crippen LogP contribution in [0.2, 0.25) is 0 Å². The smallest absolute Gasteiger partial charge is 0.123 e. The highest BCUT2D eigenvalue weighted by molar-refractivity contribution is 5.44. The molecular weight excluding hydrogens is 411 g/mol. The predicted octanol–water partition coefficient (Wildman–Crippen LogP) is 6.51. The van der Waals surface area contributed by atoms with Gasteiger partial charge in [-0.3, -0.25) is 0 Å². The lowest BCUT2D eigenvalue weighted by Crippen LogP contribution is -2.30. The van der Waals surface area contributed by atoms with Crippen molar-refractivity contribution in [2.24, 2.45) is 11.7 Å². The van der Waals surface area contributed by atoms with Crippen molar-refractivity contribution in [2.45, 2.75) is 52.9 Å². The third-order valence-corrected chi connectivity index (χ3v) is 4.68. The second-order valence-electron chi connectivity index (χ2n) is 7.57. The van der Waals surface area contributed by atoms with Crippen molar-refractivity contribution < 1.29 is 9.18 Å². The Labute approximate surface area is 201 Å². The van der Waals surface area contributed by atoms with Crippen LogP contribution in [0.4, 0.5) is 4.39 Å². The van der Waals surface area contributed by atoms with Crippen molar-refractivity contribution >= 4 is 6.29 Å². The predicted molar refractivity (Wildman–Crippen MR) is 141 cm³/mol. The van der Waals surface area contributed by atoms with Crippen LogP contribution in [-0.4, -0.2) is 25.9 Å². The first kappa shape index (κ1) is 30.4. The Hall–Kier alpha value is -2.56. The molecule has 182 valence electrons. The average Bonchev–Trinajstić information content (AvgIpc) is 2.84. The monoisotopic (exact) mass is 454 g/mol. The van der Waals surface area contributed by atoms with Gasteiger partial charge in [-0.05, 0) is 74.9 Å². The number of hydrogen-bond donors (Lipinski definition) is 2. The largest absolute Gasteiger partial charge is 0.331 e. The molecule has 1 fully saturated rings. The Bertz CT molecular complexity index is 739. The molecule has 2 aromatic rings. The summed E-state index contributed by atoms with van der Waals surface area (Å²) in [6, 6.07) is 18.6. The molecule has 3 nitrogen and oxygen atoms in total. The van der Waals surface area contributed by atoms with E-state index < -0.39 is 0 Å². The van der Waals surface area contributed by atoms with Gasteiger partial charge in [0, 0.05) is 6.54 Å². The fourth-order valence-corrected chi connectivity index (χ4v) is 3.18. The summed E-state index contributed by atoms with van der Waals surface area (Å²) in [4.78, 5) is 8.81. The summed E-state index contributed by atoms with van der Waals surface area (Å²) in [5, 5.41) is 3.53. The van der Waals surface area contributed by atoms with Gasteiger partial charge in [-0.15, -0.1) is 0 Å². The minimum absolute atomic E-state index is 0.178. The zero-order valence-corrected chi connectivity index (χ0v) is 20.7. The number of carbonyl (C=O) groups is 1. The number of nitrogens with one attached hydrogen (secondary N) is 1. The number of unbranched alkanes of at least 4 members (excludes halogenated alkanes) is 1. The molecular formula is C29H43FN2O. The lowest BCUT2D eigenvalue weighted by Gasteiger charge is -2.24. The molecule has 3 rings (SSSR count). The van der Waals surface area contributed by atoms with Crippen molar-refractivity contribution in [2.75, 3.05) is 19.6 Å². The Morgan fingerprint density at radius 2 is 1.67 bits per heavy atom. The van der Waals surface area contributed by atoms with E-state index in [-0.39, 0.29) is 5.82 Å². The van der Waals surface area contributed by atoms with Crippen LogP contribution < -0.4 is 11.1 Å². The Kier molecular flexibility index (Phi) is 20.9. The average molecular weight is 455 g/mol. The number of rotatable bonds is 6. The molecule has 1 heterocycles. The molecule has 0 radical (unpaired) electrons. The van der Waals surface area contributed by atoms with Crippen LogP contribution in [0.3, 0.4) is 0 Å². The van der Waals surface area contributed by atoms with Gasteiger partial charge in [-0.2, -0.15) is 0 Å². The number of hydrogen-bond acceptors (Lipinski definition) is 3. The first-order chi connectivity index (χ1) is 16.1. The first-order valence-corrected chi connectivity index (χ1v) is 12.0. The zero-order valence-electron chi connectivity index (χ0n) is 20.7. The highest BCUT2D eigenvalue weighted by Crippen LogP contribution is 2.21. The molecule has 0 aliphatic carbocycles. The van der Waals surface area contributed by atoms with Gasteiger partial charge in [0.05, 0.1) is 0 Å². The summed E-state index contributed by atoms with van der Waals surface area (Å²) in [5.74, 6) is 0.532. The number of aldehydes is 1. The van der Waals surface area contributed by atoms with Crippen LogP contribution in [0.1, 0.15) is 52.0 Å². The molecule has 4 heteroatoms. The first-order valence-electron chi connectivity index (χ1n) is 12.0. The minimum Gasteiger partial charge on any atom is -0.331 e. The van der Waals surface area contributed by atoms with E-state index in [9.17, 15) is 4.39 Å². The van der Waals surface area contributed by atoms with Crippen molar-refractivity contribution in [1.82, 2.24) is 5.32 Å². The van der Waals surface area contributed by atoms with E-state index in [0.717, 1.165) is 25.8 Å². The van der Waals surface area contributed by atoms with E-state index in [4.69, 9.17) is 10.5 Å². The zero-order chi connectivity index (χ0) is 24.6. The van der Waals surface area contributed by atoms with Crippen LogP contribution in [-0.2, 0) is 11.2 Å². The number of allylic oxidation sites excluding steroid dienone is 3. The van der Waals surface area contributed by atoms with E-state index >= 15 is 0 Å². The van der Waals surface area contributed by atoms with E-state index in [1.54, 1.807) is 18.2 Å². The number of carbonyl (C=O) groups excluding carboxylic acids is 1. The van der Waals surface area contributed by atoms with Gasteiger partial charge in [0.15, 0.2) is 0 Å². The Morgan fingerprint density at radius 3 is 2.12 bits per heavy atom. The quantitative estimate of drug-likeness (QED) is 0.386. The molecule has 0 aromatic heterocycles. The van der Waals surface area contributed by atoms with Gasteiger partial charge >= 0.3 is 0 Å². The molecule has 33 heavy (non-hydrogen) atoms. The third-order valence-electron chi connectivity index (χ3n) is 4.68. The van der Waals surface area contributed by atoms with Gasteiger partial charge < -0.3 is 15.8 Å². The standard InChI is InChI=1S/C19H27N.C6H5F.C2H7N.C2H4O/c1-2-3-12-18(19-14-8-15-20-16-19)13-7-11-17-9-5-4-6-10-17;7-6-4-2-1-3-5-6;2*1-2-3/h4-7,9-10,12-13,19-20H,2-3,8,11,14-16H2,1H3;1-5H;2-3H2,1H3;2H,1H3/b13-7-,18-12+;;;/t19-;;;/m1.../s1. The topological polar surface area (TPSA) is 55.1 Å². The summed E-state index contributed by atoms with van der Waals surface area (Å²) in [5.41, 5.74) is 7.77. The molecule has 0 saturated carbocycles. The van der Waals surface area contributed by atoms with Crippen LogP contribution in [0.25, 0.3) is 0 Å². The fourth-order valence-electron chi connectivity index (χ4n) is 3.18. The van der Waals surface area contributed by atoms with E-state index in [1.807, 2.05) is 6.92 Å². The van der Waals surface area contributed by atoms with Crippen molar-refractivity contribution in [3.05, 3.63) is 95.8 Å². The summed E-state index contributed by atoms with van der Waals surface area (Å²) in [7, 11) is 0. The summed E-state index contributed by atoms with van der Waals surface area (Å²) in [6.07, 6.45) is 14.0. The summed E-state index contributed by atoms with van der Waals surface area (Å²) < 4.78 is 11.9. The fraction of sp³-hybridized carbons (Fsp3) is 0.414. The van der Waals surface area contributed by atoms with Crippen LogP contribution in [0.5, 0.6) is 0 Å². The van der Waals surface area contributed by atoms with Crippen LogP contribution in [0.15, 0.2) is 84.5 Å². The lowest BCUT2D eigenvalue weighted by molar-refractivity contribution is -0.106. The molecule has 0 bridgehead atoms. The maximum Gasteiger partial charge on any atom is 0.123 e. The van der Waals surface area contributed by atoms with Gasteiger partial charge in [0.1, 0.15) is 12.1 Å². The van der Waals surface area contributed by atoms with Gasteiger partial charge in [0.2, 0.25) is 0 Å². The molecule has 0 unspecified atom stereocenters. The van der Waals surface area contributed by atoms with E-state index in [2.05, 4.69) is 60.8 Å². The minimum atomic E-state index is -0.178. The number of halogens is 1. The highest BCUT2D eigenvalue weighted by atomic mass is 19.1. The lowest BCUT2D eigenvalue weighted by atomic mass is 9.90. The van der Waals surface area contributed by atoms with Crippen molar-refractivity contribution in [3.63, 3.8) is 0 Å². The normalized spacial score (nSPS) is 15.2. The third kappa shape index (κ3) is 17.6. The molecule has 1 atom stereocenters. The summed E-state index contributed by atoms with van der Waals surface area (Å²) in [6.45, 7) is 8.68. The maximum atomic E-state index is 11.9.